The van der Waals surface area contributed by atoms with Gasteiger partial charge in [0.25, 0.3) is 0 Å². The lowest BCUT2D eigenvalue weighted by atomic mass is 9.73. The second-order valence-electron chi connectivity index (χ2n) is 16.5. The summed E-state index contributed by atoms with van der Waals surface area (Å²) in [5.41, 5.74) is -0.279. The molecule has 18 heteroatoms. The zero-order valence-corrected chi connectivity index (χ0v) is 35.5. The van der Waals surface area contributed by atoms with Gasteiger partial charge >= 0.3 is 6.09 Å². The van der Waals surface area contributed by atoms with Crippen molar-refractivity contribution in [2.45, 2.75) is 112 Å². The number of halogens is 3. The van der Waals surface area contributed by atoms with Crippen LogP contribution in [0.1, 0.15) is 59.1 Å². The van der Waals surface area contributed by atoms with E-state index in [9.17, 15) is 18.7 Å². The highest BCUT2D eigenvalue weighted by Gasteiger charge is 2.51. The third-order valence-corrected chi connectivity index (χ3v) is 13.3. The van der Waals surface area contributed by atoms with E-state index < -0.39 is 24.0 Å². The number of aliphatic hydroxyl groups excluding tert-OH is 1. The molecule has 0 unspecified atom stereocenters. The van der Waals surface area contributed by atoms with Crippen LogP contribution in [0.4, 0.5) is 31.0 Å². The maximum absolute atomic E-state index is 14.1. The van der Waals surface area contributed by atoms with Gasteiger partial charge in [-0.3, -0.25) is 0 Å². The molecule has 14 nitrogen and oxygen atoms in total. The lowest BCUT2D eigenvalue weighted by Gasteiger charge is -2.43. The second kappa shape index (κ2) is 16.3. The molecule has 0 radical (unpaired) electrons. The molecule has 3 aromatic rings. The van der Waals surface area contributed by atoms with E-state index >= 15 is 0 Å². The number of hydrogen-bond acceptors (Lipinski definition) is 14. The average molecular weight is 923 g/mol. The van der Waals surface area contributed by atoms with Gasteiger partial charge in [-0.2, -0.15) is 0 Å². The summed E-state index contributed by atoms with van der Waals surface area (Å²) in [6.07, 6.45) is 5.58. The Balaban J connectivity index is 0.000000252. The number of nitrogens with one attached hydrogen (secondary N) is 1. The molecule has 9 rings (SSSR count). The number of anilines is 3. The Labute approximate surface area is 348 Å². The fraction of sp³-hybridized carbons (Fsp3) is 0.615. The second-order valence-corrected chi connectivity index (χ2v) is 18.8. The van der Waals surface area contributed by atoms with Crippen molar-refractivity contribution in [3.05, 3.63) is 40.0 Å². The molecule has 0 aromatic carbocycles. The first kappa shape index (κ1) is 40.3. The van der Waals surface area contributed by atoms with Crippen molar-refractivity contribution < 1.29 is 37.6 Å². The number of ether oxygens (including phenoxy) is 4. The summed E-state index contributed by atoms with van der Waals surface area (Å²) in [4.78, 5) is 37.8. The lowest BCUT2D eigenvalue weighted by molar-refractivity contribution is 0.0434. The number of amides is 1. The Morgan fingerprint density at radius 2 is 1.63 bits per heavy atom. The molecular weight excluding hydrogens is 873 g/mol. The number of carbonyl (C=O) groups is 1. The summed E-state index contributed by atoms with van der Waals surface area (Å²) in [6.45, 7) is 11.0. The SMILES string of the molecule is C[C@@H]1OCC2(CCN(c3ncc(Sc4ccnc5c4OC[C@@H]4C[C@H](F)CN54)nc3CO)CC2)[C@@H]1NC(=O)OC(C)(C)C.F[C@H]1C[C@H]2COc3c(I)ccnc3N2C1. The lowest BCUT2D eigenvalue weighted by Crippen LogP contribution is -2.55. The number of carbonyl (C=O) groups excluding carboxylic acids is 1. The molecule has 0 bridgehead atoms. The van der Waals surface area contributed by atoms with E-state index in [-0.39, 0.29) is 36.3 Å². The van der Waals surface area contributed by atoms with Gasteiger partial charge in [-0.05, 0) is 75.3 Å². The summed E-state index contributed by atoms with van der Waals surface area (Å²) < 4.78 is 51.6. The standard InChI is InChI=1S/C29H39FN6O5S.C10H10FIN2O/c1-17-24(34-27(38)41-28(2,3)4)29(16-40-17)6-9-35(10-7-29)25-20(14-37)33-22(12-32-25)42-21-5-8-31-26-23(21)39-15-19-11-18(30)13-36(19)26;11-6-3-7-5-15-9-8(12)1-2-13-10(9)14(7)4-6/h5,8,12,17-19,24,37H,6-7,9-11,13-16H2,1-4H3,(H,34,38);1-2,6-7H,3-5H2/t17-,18-,19-,24+;6-,7-/m00/s1. The van der Waals surface area contributed by atoms with Crippen LogP contribution in [0.3, 0.4) is 0 Å². The summed E-state index contributed by atoms with van der Waals surface area (Å²) in [5, 5.41) is 13.9. The maximum Gasteiger partial charge on any atom is 0.407 e. The number of pyridine rings is 2. The maximum atomic E-state index is 14.1. The van der Waals surface area contributed by atoms with Gasteiger partial charge in [-0.1, -0.05) is 11.8 Å². The van der Waals surface area contributed by atoms with Gasteiger partial charge < -0.3 is 44.1 Å². The van der Waals surface area contributed by atoms with Crippen LogP contribution >= 0.6 is 34.4 Å². The van der Waals surface area contributed by atoms with Crippen LogP contribution in [0.15, 0.2) is 40.6 Å². The number of aliphatic hydroxyl groups is 1. The highest BCUT2D eigenvalue weighted by atomic mass is 127. The molecule has 6 aliphatic rings. The van der Waals surface area contributed by atoms with E-state index in [1.807, 2.05) is 49.6 Å². The zero-order valence-electron chi connectivity index (χ0n) is 32.5. The quantitative estimate of drug-likeness (QED) is 0.301. The minimum Gasteiger partial charge on any atom is -0.486 e. The first-order valence-electron chi connectivity index (χ1n) is 19.5. The molecule has 4 saturated heterocycles. The van der Waals surface area contributed by atoms with Crippen molar-refractivity contribution in [2.75, 3.05) is 60.7 Å². The fourth-order valence-corrected chi connectivity index (χ4v) is 10.2. The van der Waals surface area contributed by atoms with E-state index in [0.717, 1.165) is 32.9 Å². The number of alkyl carbamates (subject to hydrolysis) is 1. The average Bonchev–Trinajstić information content (AvgIpc) is 3.85. The molecule has 0 aliphatic carbocycles. The van der Waals surface area contributed by atoms with Crippen molar-refractivity contribution in [1.82, 2.24) is 25.3 Å². The monoisotopic (exact) mass is 922 g/mol. The molecule has 4 fully saturated rings. The van der Waals surface area contributed by atoms with Crippen LogP contribution in [-0.2, 0) is 16.1 Å². The van der Waals surface area contributed by atoms with Gasteiger partial charge in [0.05, 0.1) is 65.2 Å². The van der Waals surface area contributed by atoms with Crippen molar-refractivity contribution in [1.29, 1.82) is 0 Å². The molecule has 6 atom stereocenters. The number of hydrogen-bond donors (Lipinski definition) is 2. The van der Waals surface area contributed by atoms with Crippen molar-refractivity contribution in [3.8, 4) is 11.5 Å². The summed E-state index contributed by atoms with van der Waals surface area (Å²) in [6, 6.07) is 3.78. The van der Waals surface area contributed by atoms with E-state index in [1.165, 1.54) is 11.8 Å². The Kier molecular flexibility index (Phi) is 11.5. The van der Waals surface area contributed by atoms with Gasteiger partial charge in [-0.15, -0.1) is 0 Å². The Morgan fingerprint density at radius 3 is 2.28 bits per heavy atom. The zero-order chi connectivity index (χ0) is 40.1. The van der Waals surface area contributed by atoms with Crippen LogP contribution in [0.25, 0.3) is 0 Å². The van der Waals surface area contributed by atoms with Crippen LogP contribution in [-0.4, -0.2) is 119 Å². The third kappa shape index (κ3) is 8.37. The molecule has 0 saturated carbocycles. The summed E-state index contributed by atoms with van der Waals surface area (Å²) in [7, 11) is 0. The van der Waals surface area contributed by atoms with Crippen LogP contribution in [0.2, 0.25) is 0 Å². The third-order valence-electron chi connectivity index (χ3n) is 11.5. The van der Waals surface area contributed by atoms with Crippen molar-refractivity contribution >= 4 is 57.9 Å². The van der Waals surface area contributed by atoms with Crippen LogP contribution < -0.4 is 29.5 Å². The topological polar surface area (TPSA) is 148 Å². The number of fused-ring (bicyclic) bond motifs is 6. The van der Waals surface area contributed by atoms with E-state index in [2.05, 4.69) is 42.8 Å². The normalized spacial score (nSPS) is 27.0. The largest absolute Gasteiger partial charge is 0.486 e. The Hall–Kier alpha value is -3.49. The number of alkyl halides is 2. The molecule has 57 heavy (non-hydrogen) atoms. The fourth-order valence-electron chi connectivity index (χ4n) is 8.75. The van der Waals surface area contributed by atoms with Crippen LogP contribution in [0, 0.1) is 8.99 Å². The predicted molar refractivity (Wildman–Crippen MR) is 218 cm³/mol. The Morgan fingerprint density at radius 1 is 1.00 bits per heavy atom. The highest BCUT2D eigenvalue weighted by Crippen LogP contribution is 2.46. The molecular formula is C39H49F2IN8O6S. The summed E-state index contributed by atoms with van der Waals surface area (Å²) in [5.74, 6) is 3.56. The van der Waals surface area contributed by atoms with Gasteiger partial charge in [0.1, 0.15) is 41.9 Å². The van der Waals surface area contributed by atoms with Crippen LogP contribution in [0.5, 0.6) is 11.5 Å². The van der Waals surface area contributed by atoms with Gasteiger partial charge in [0, 0.05) is 43.7 Å². The van der Waals surface area contributed by atoms with E-state index in [4.69, 9.17) is 28.9 Å². The molecule has 6 aliphatic heterocycles. The summed E-state index contributed by atoms with van der Waals surface area (Å²) >= 11 is 3.61. The van der Waals surface area contributed by atoms with Gasteiger partial charge in [0.2, 0.25) is 0 Å². The molecule has 2 N–H and O–H groups in total. The number of piperidine rings is 1. The van der Waals surface area contributed by atoms with E-state index in [0.29, 0.717) is 86.9 Å². The van der Waals surface area contributed by atoms with Gasteiger partial charge in [0.15, 0.2) is 29.0 Å². The van der Waals surface area contributed by atoms with E-state index in [1.54, 1.807) is 18.6 Å². The van der Waals surface area contributed by atoms with Crippen molar-refractivity contribution in [2.24, 2.45) is 5.41 Å². The molecule has 308 valence electrons. The first-order chi connectivity index (χ1) is 27.3. The highest BCUT2D eigenvalue weighted by molar-refractivity contribution is 14.1. The number of rotatable bonds is 5. The first-order valence-corrected chi connectivity index (χ1v) is 21.4. The molecule has 3 aromatic heterocycles. The number of nitrogens with zero attached hydrogens (tertiary/aromatic N) is 7. The Bertz CT molecular complexity index is 1960. The van der Waals surface area contributed by atoms with Crippen molar-refractivity contribution in [3.63, 3.8) is 0 Å². The number of aromatic nitrogens is 4. The van der Waals surface area contributed by atoms with Gasteiger partial charge in [-0.25, -0.2) is 33.5 Å². The minimum absolute atomic E-state index is 0.00590. The predicted octanol–water partition coefficient (Wildman–Crippen LogP) is 5.72. The molecule has 1 spiro atoms. The minimum atomic E-state index is -0.880. The molecule has 9 heterocycles. The smallest absolute Gasteiger partial charge is 0.407 e. The molecule has 1 amide bonds.